The van der Waals surface area contributed by atoms with E-state index in [-0.39, 0.29) is 18.4 Å². The van der Waals surface area contributed by atoms with Crippen LogP contribution in [0.4, 0.5) is 5.69 Å². The van der Waals surface area contributed by atoms with Crippen molar-refractivity contribution in [1.82, 2.24) is 5.32 Å². The molecule has 2 aromatic carbocycles. The van der Waals surface area contributed by atoms with Crippen molar-refractivity contribution in [2.45, 2.75) is 6.42 Å². The average Bonchev–Trinajstić information content (AvgIpc) is 2.65. The molecule has 0 aliphatic carbocycles. The van der Waals surface area contributed by atoms with Crippen LogP contribution in [-0.2, 0) is 9.53 Å². The maximum atomic E-state index is 12.0. The number of nitrogens with one attached hydrogen (secondary N) is 2. The minimum absolute atomic E-state index is 0.0939. The third-order valence-electron chi connectivity index (χ3n) is 3.43. The number of hydrogen-bond acceptors (Lipinski definition) is 4. The van der Waals surface area contributed by atoms with E-state index in [1.165, 1.54) is 0 Å². The Morgan fingerprint density at radius 3 is 2.38 bits per heavy atom. The van der Waals surface area contributed by atoms with Crippen molar-refractivity contribution in [1.29, 1.82) is 0 Å². The fourth-order valence-electron chi connectivity index (χ4n) is 2.10. The molecule has 138 valence electrons. The lowest BCUT2D eigenvalue weighted by Crippen LogP contribution is -2.25. The molecule has 7 heteroatoms. The van der Waals surface area contributed by atoms with Gasteiger partial charge in [-0.25, -0.2) is 0 Å². The van der Waals surface area contributed by atoms with E-state index in [4.69, 9.17) is 9.47 Å². The Hall–Kier alpha value is -2.38. The lowest BCUT2D eigenvalue weighted by molar-refractivity contribution is -0.118. The Kier molecular flexibility index (Phi) is 8.11. The van der Waals surface area contributed by atoms with Crippen LogP contribution >= 0.6 is 15.9 Å². The molecule has 26 heavy (non-hydrogen) atoms. The van der Waals surface area contributed by atoms with Crippen molar-refractivity contribution in [3.63, 3.8) is 0 Å². The quantitative estimate of drug-likeness (QED) is 0.610. The summed E-state index contributed by atoms with van der Waals surface area (Å²) in [6.45, 7) is 1.06. The van der Waals surface area contributed by atoms with Gasteiger partial charge in [-0.2, -0.15) is 0 Å². The summed E-state index contributed by atoms with van der Waals surface area (Å²) in [6, 6.07) is 13.9. The largest absolute Gasteiger partial charge is 0.484 e. The monoisotopic (exact) mass is 420 g/mol. The van der Waals surface area contributed by atoms with Crippen molar-refractivity contribution in [3.05, 3.63) is 58.6 Å². The van der Waals surface area contributed by atoms with E-state index in [2.05, 4.69) is 26.6 Å². The van der Waals surface area contributed by atoms with E-state index >= 15 is 0 Å². The molecule has 2 rings (SSSR count). The van der Waals surface area contributed by atoms with Gasteiger partial charge in [0.05, 0.1) is 0 Å². The van der Waals surface area contributed by atoms with Gasteiger partial charge in [-0.1, -0.05) is 15.9 Å². The van der Waals surface area contributed by atoms with Gasteiger partial charge in [0.15, 0.2) is 6.61 Å². The predicted octanol–water partition coefficient (Wildman–Crippen LogP) is 3.23. The number of halogens is 1. The van der Waals surface area contributed by atoms with Crippen molar-refractivity contribution in [2.24, 2.45) is 0 Å². The SMILES string of the molecule is COCCCNC(=O)c1ccc(NC(=O)COc2ccc(Br)cc2)cc1. The molecular formula is C19H21BrN2O4. The number of methoxy groups -OCH3 is 1. The first kappa shape index (κ1) is 19.9. The van der Waals surface area contributed by atoms with E-state index in [0.717, 1.165) is 10.9 Å². The maximum Gasteiger partial charge on any atom is 0.262 e. The highest BCUT2D eigenvalue weighted by atomic mass is 79.9. The van der Waals surface area contributed by atoms with E-state index in [1.807, 2.05) is 12.1 Å². The van der Waals surface area contributed by atoms with Crippen LogP contribution in [0.15, 0.2) is 53.0 Å². The molecule has 0 aliphatic rings. The van der Waals surface area contributed by atoms with Crippen LogP contribution in [0.1, 0.15) is 16.8 Å². The molecule has 0 aromatic heterocycles. The second-order valence-corrected chi connectivity index (χ2v) is 6.39. The molecule has 0 unspecified atom stereocenters. The summed E-state index contributed by atoms with van der Waals surface area (Å²) in [4.78, 5) is 23.9. The summed E-state index contributed by atoms with van der Waals surface area (Å²) in [7, 11) is 1.62. The molecule has 2 N–H and O–H groups in total. The van der Waals surface area contributed by atoms with Gasteiger partial charge in [-0.05, 0) is 55.0 Å². The lowest BCUT2D eigenvalue weighted by Gasteiger charge is -2.09. The molecule has 0 bridgehead atoms. The number of anilines is 1. The van der Waals surface area contributed by atoms with E-state index in [9.17, 15) is 9.59 Å². The zero-order chi connectivity index (χ0) is 18.8. The molecule has 0 saturated heterocycles. The van der Waals surface area contributed by atoms with Crippen LogP contribution in [0.25, 0.3) is 0 Å². The summed E-state index contributed by atoms with van der Waals surface area (Å²) in [5, 5.41) is 5.53. The number of rotatable bonds is 9. The van der Waals surface area contributed by atoms with Crippen LogP contribution < -0.4 is 15.4 Å². The molecular weight excluding hydrogens is 400 g/mol. The van der Waals surface area contributed by atoms with Crippen LogP contribution in [-0.4, -0.2) is 38.7 Å². The molecule has 0 heterocycles. The normalized spacial score (nSPS) is 10.2. The minimum atomic E-state index is -0.273. The molecule has 6 nitrogen and oxygen atoms in total. The summed E-state index contributed by atoms with van der Waals surface area (Å²) in [5.41, 5.74) is 1.14. The van der Waals surface area contributed by atoms with Gasteiger partial charge in [-0.3, -0.25) is 9.59 Å². The standard InChI is InChI=1S/C19H21BrN2O4/c1-25-12-2-11-21-19(24)14-3-7-16(8-4-14)22-18(23)13-26-17-9-5-15(20)6-10-17/h3-10H,2,11-13H2,1H3,(H,21,24)(H,22,23). The lowest BCUT2D eigenvalue weighted by atomic mass is 10.2. The Morgan fingerprint density at radius 2 is 1.73 bits per heavy atom. The number of ether oxygens (including phenoxy) is 2. The van der Waals surface area contributed by atoms with Gasteiger partial charge >= 0.3 is 0 Å². The summed E-state index contributed by atoms with van der Waals surface area (Å²) in [5.74, 6) is 0.186. The fraction of sp³-hybridized carbons (Fsp3) is 0.263. The van der Waals surface area contributed by atoms with Crippen molar-refractivity contribution in [3.8, 4) is 5.75 Å². The van der Waals surface area contributed by atoms with Crippen molar-refractivity contribution in [2.75, 3.05) is 32.2 Å². The van der Waals surface area contributed by atoms with Crippen LogP contribution in [0.2, 0.25) is 0 Å². The van der Waals surface area contributed by atoms with Gasteiger partial charge in [0.1, 0.15) is 5.75 Å². The highest BCUT2D eigenvalue weighted by molar-refractivity contribution is 9.10. The Balaban J connectivity index is 1.77. The first-order valence-electron chi connectivity index (χ1n) is 8.14. The Bertz CT molecular complexity index is 717. The summed E-state index contributed by atoms with van der Waals surface area (Å²) >= 11 is 3.34. The van der Waals surface area contributed by atoms with Crippen LogP contribution in [0.5, 0.6) is 5.75 Å². The summed E-state index contributed by atoms with van der Waals surface area (Å²) < 4.78 is 11.3. The molecule has 0 aliphatic heterocycles. The number of amides is 2. The molecule has 2 aromatic rings. The molecule has 2 amide bonds. The van der Waals surface area contributed by atoms with Crippen LogP contribution in [0.3, 0.4) is 0 Å². The zero-order valence-electron chi connectivity index (χ0n) is 14.5. The number of carbonyl (C=O) groups is 2. The number of benzene rings is 2. The minimum Gasteiger partial charge on any atom is -0.484 e. The van der Waals surface area contributed by atoms with Gasteiger partial charge in [0, 0.05) is 36.0 Å². The third kappa shape index (κ3) is 6.85. The topological polar surface area (TPSA) is 76.7 Å². The van der Waals surface area contributed by atoms with Gasteiger partial charge in [0.25, 0.3) is 11.8 Å². The molecule has 0 fully saturated rings. The Morgan fingerprint density at radius 1 is 1.04 bits per heavy atom. The van der Waals surface area contributed by atoms with E-state index in [1.54, 1.807) is 43.5 Å². The molecule has 0 radical (unpaired) electrons. The van der Waals surface area contributed by atoms with Crippen molar-refractivity contribution >= 4 is 33.4 Å². The number of carbonyl (C=O) groups excluding carboxylic acids is 2. The first-order valence-corrected chi connectivity index (χ1v) is 8.93. The highest BCUT2D eigenvalue weighted by Crippen LogP contribution is 2.16. The second kappa shape index (κ2) is 10.6. The predicted molar refractivity (Wildman–Crippen MR) is 104 cm³/mol. The molecule has 0 atom stereocenters. The van der Waals surface area contributed by atoms with Crippen molar-refractivity contribution < 1.29 is 19.1 Å². The maximum absolute atomic E-state index is 12.0. The van der Waals surface area contributed by atoms with Gasteiger partial charge in [0.2, 0.25) is 0 Å². The van der Waals surface area contributed by atoms with Crippen LogP contribution in [0, 0.1) is 0 Å². The second-order valence-electron chi connectivity index (χ2n) is 5.47. The van der Waals surface area contributed by atoms with E-state index in [0.29, 0.717) is 30.2 Å². The molecule has 0 saturated carbocycles. The van der Waals surface area contributed by atoms with Gasteiger partial charge < -0.3 is 20.1 Å². The number of hydrogen-bond donors (Lipinski definition) is 2. The van der Waals surface area contributed by atoms with E-state index < -0.39 is 0 Å². The third-order valence-corrected chi connectivity index (χ3v) is 3.95. The Labute approximate surface area is 161 Å². The summed E-state index contributed by atoms with van der Waals surface area (Å²) in [6.07, 6.45) is 0.759. The highest BCUT2D eigenvalue weighted by Gasteiger charge is 2.07. The average molecular weight is 421 g/mol. The molecule has 0 spiro atoms. The zero-order valence-corrected chi connectivity index (χ0v) is 16.0. The fourth-order valence-corrected chi connectivity index (χ4v) is 2.37. The smallest absolute Gasteiger partial charge is 0.262 e. The first-order chi connectivity index (χ1) is 12.6. The van der Waals surface area contributed by atoms with Gasteiger partial charge in [-0.15, -0.1) is 0 Å².